The third kappa shape index (κ3) is 3.50. The molecule has 1 aromatic rings. The number of halogens is 3. The first kappa shape index (κ1) is 10.8. The average Bonchev–Trinajstić information content (AvgIpc) is 2.09. The summed E-state index contributed by atoms with van der Waals surface area (Å²) in [6.07, 6.45) is 0. The van der Waals surface area contributed by atoms with Crippen LogP contribution in [-0.2, 0) is 0 Å². The molecule has 0 aliphatic heterocycles. The second kappa shape index (κ2) is 4.26. The number of thioether (sulfide) groups is 1. The standard InChI is InChI=1S/C8H7ClF2OS/c9-6-1-3-7(4-2-6)13-8(10,11)5-12/h1-4,12H,5H2. The molecule has 0 saturated carbocycles. The highest BCUT2D eigenvalue weighted by Crippen LogP contribution is 2.35. The highest BCUT2D eigenvalue weighted by molar-refractivity contribution is 8.00. The van der Waals surface area contributed by atoms with E-state index in [9.17, 15) is 8.78 Å². The van der Waals surface area contributed by atoms with Crippen molar-refractivity contribution in [2.75, 3.05) is 6.61 Å². The molecule has 5 heteroatoms. The van der Waals surface area contributed by atoms with Gasteiger partial charge < -0.3 is 5.11 Å². The maximum absolute atomic E-state index is 12.6. The van der Waals surface area contributed by atoms with Crippen molar-refractivity contribution in [1.29, 1.82) is 0 Å². The molecule has 1 aromatic carbocycles. The van der Waals surface area contributed by atoms with Gasteiger partial charge in [-0.3, -0.25) is 0 Å². The van der Waals surface area contributed by atoms with E-state index >= 15 is 0 Å². The van der Waals surface area contributed by atoms with E-state index in [4.69, 9.17) is 16.7 Å². The van der Waals surface area contributed by atoms with Crippen LogP contribution in [0.15, 0.2) is 29.2 Å². The SMILES string of the molecule is OCC(F)(F)Sc1ccc(Cl)cc1. The molecule has 1 nitrogen and oxygen atoms in total. The molecule has 0 bridgehead atoms. The zero-order chi connectivity index (χ0) is 9.90. The molecule has 72 valence electrons. The highest BCUT2D eigenvalue weighted by Gasteiger charge is 2.28. The van der Waals surface area contributed by atoms with Gasteiger partial charge in [-0.1, -0.05) is 11.6 Å². The van der Waals surface area contributed by atoms with Crippen LogP contribution in [0.3, 0.4) is 0 Å². The Morgan fingerprint density at radius 1 is 1.31 bits per heavy atom. The van der Waals surface area contributed by atoms with Crippen molar-refractivity contribution in [1.82, 2.24) is 0 Å². The van der Waals surface area contributed by atoms with Gasteiger partial charge in [0, 0.05) is 9.92 Å². The van der Waals surface area contributed by atoms with Crippen molar-refractivity contribution in [3.63, 3.8) is 0 Å². The number of alkyl halides is 2. The summed E-state index contributed by atoms with van der Waals surface area (Å²) < 4.78 is 25.2. The van der Waals surface area contributed by atoms with Crippen LogP contribution in [0.1, 0.15) is 0 Å². The van der Waals surface area contributed by atoms with Crippen LogP contribution < -0.4 is 0 Å². The van der Waals surface area contributed by atoms with E-state index in [0.29, 0.717) is 21.7 Å². The first-order valence-electron chi connectivity index (χ1n) is 3.47. The molecule has 0 aliphatic carbocycles. The minimum absolute atomic E-state index is 0.313. The Morgan fingerprint density at radius 3 is 2.31 bits per heavy atom. The van der Waals surface area contributed by atoms with Crippen LogP contribution in [-0.4, -0.2) is 17.0 Å². The third-order valence-corrected chi connectivity index (χ3v) is 2.45. The Bertz CT molecular complexity index is 276. The molecule has 0 aromatic heterocycles. The Labute approximate surface area is 83.7 Å². The fraction of sp³-hybridized carbons (Fsp3) is 0.250. The molecule has 13 heavy (non-hydrogen) atoms. The summed E-state index contributed by atoms with van der Waals surface area (Å²) in [5.41, 5.74) is 0. The van der Waals surface area contributed by atoms with Crippen LogP contribution in [0.25, 0.3) is 0 Å². The lowest BCUT2D eigenvalue weighted by Crippen LogP contribution is -2.15. The van der Waals surface area contributed by atoms with Crippen molar-refractivity contribution < 1.29 is 13.9 Å². The van der Waals surface area contributed by atoms with E-state index < -0.39 is 11.9 Å². The van der Waals surface area contributed by atoms with Crippen LogP contribution in [0, 0.1) is 0 Å². The highest BCUT2D eigenvalue weighted by atomic mass is 35.5. The summed E-state index contributed by atoms with van der Waals surface area (Å²) in [6.45, 7) is -1.17. The second-order valence-electron chi connectivity index (χ2n) is 2.35. The van der Waals surface area contributed by atoms with Gasteiger partial charge in [-0.25, -0.2) is 0 Å². The van der Waals surface area contributed by atoms with Gasteiger partial charge in [-0.05, 0) is 36.0 Å². The quantitative estimate of drug-likeness (QED) is 0.797. The zero-order valence-electron chi connectivity index (χ0n) is 6.51. The molecule has 0 saturated heterocycles. The fourth-order valence-electron chi connectivity index (χ4n) is 0.707. The number of hydrogen-bond donors (Lipinski definition) is 1. The number of benzene rings is 1. The van der Waals surface area contributed by atoms with Gasteiger partial charge in [-0.2, -0.15) is 8.78 Å². The van der Waals surface area contributed by atoms with Gasteiger partial charge in [0.2, 0.25) is 0 Å². The lowest BCUT2D eigenvalue weighted by atomic mass is 10.4. The molecule has 0 fully saturated rings. The monoisotopic (exact) mass is 224 g/mol. The maximum Gasteiger partial charge on any atom is 0.320 e. The topological polar surface area (TPSA) is 20.2 Å². The molecule has 0 unspecified atom stereocenters. The molecule has 0 radical (unpaired) electrons. The second-order valence-corrected chi connectivity index (χ2v) is 4.06. The average molecular weight is 225 g/mol. The summed E-state index contributed by atoms with van der Waals surface area (Å²) in [7, 11) is 0. The van der Waals surface area contributed by atoms with Gasteiger partial charge in [0.05, 0.1) is 0 Å². The lowest BCUT2D eigenvalue weighted by Gasteiger charge is -2.11. The minimum atomic E-state index is -3.13. The first-order valence-corrected chi connectivity index (χ1v) is 4.66. The van der Waals surface area contributed by atoms with Crippen molar-refractivity contribution >= 4 is 23.4 Å². The van der Waals surface area contributed by atoms with Crippen LogP contribution in [0.2, 0.25) is 5.02 Å². The smallest absolute Gasteiger partial charge is 0.320 e. The summed E-state index contributed by atoms with van der Waals surface area (Å²) in [5.74, 6) is 0. The normalized spacial score (nSPS) is 11.7. The van der Waals surface area contributed by atoms with Gasteiger partial charge in [0.1, 0.15) is 6.61 Å². The van der Waals surface area contributed by atoms with Gasteiger partial charge >= 0.3 is 5.25 Å². The van der Waals surface area contributed by atoms with E-state index in [1.54, 1.807) is 0 Å². The number of aliphatic hydroxyl groups excluding tert-OH is 1. The van der Waals surface area contributed by atoms with Crippen molar-refractivity contribution in [2.24, 2.45) is 0 Å². The minimum Gasteiger partial charge on any atom is -0.389 e. The Balaban J connectivity index is 2.69. The van der Waals surface area contributed by atoms with Gasteiger partial charge in [-0.15, -0.1) is 0 Å². The predicted octanol–water partition coefficient (Wildman–Crippen LogP) is 3.02. The van der Waals surface area contributed by atoms with Crippen LogP contribution in [0.4, 0.5) is 8.78 Å². The molecular weight excluding hydrogens is 218 g/mol. The molecule has 0 amide bonds. The maximum atomic E-state index is 12.6. The predicted molar refractivity (Wildman–Crippen MR) is 49.3 cm³/mol. The molecule has 0 heterocycles. The molecule has 1 rings (SSSR count). The van der Waals surface area contributed by atoms with E-state index in [-0.39, 0.29) is 0 Å². The largest absolute Gasteiger partial charge is 0.389 e. The first-order chi connectivity index (χ1) is 6.03. The van der Waals surface area contributed by atoms with Gasteiger partial charge in [0.15, 0.2) is 0 Å². The summed E-state index contributed by atoms with van der Waals surface area (Å²) in [5, 5.41) is 5.68. The zero-order valence-corrected chi connectivity index (χ0v) is 8.08. The van der Waals surface area contributed by atoms with Crippen LogP contribution in [0.5, 0.6) is 0 Å². The van der Waals surface area contributed by atoms with Crippen molar-refractivity contribution in [3.8, 4) is 0 Å². The molecule has 0 atom stereocenters. The molecule has 0 spiro atoms. The lowest BCUT2D eigenvalue weighted by molar-refractivity contribution is 0.0362. The molecule has 0 aliphatic rings. The van der Waals surface area contributed by atoms with E-state index in [1.165, 1.54) is 24.3 Å². The van der Waals surface area contributed by atoms with E-state index in [2.05, 4.69) is 0 Å². The summed E-state index contributed by atoms with van der Waals surface area (Å²) in [6, 6.07) is 6.02. The Hall–Kier alpha value is -0.320. The van der Waals surface area contributed by atoms with Crippen molar-refractivity contribution in [3.05, 3.63) is 29.3 Å². The van der Waals surface area contributed by atoms with E-state index in [0.717, 1.165) is 0 Å². The van der Waals surface area contributed by atoms with E-state index in [1.807, 2.05) is 0 Å². The Kier molecular flexibility index (Phi) is 3.53. The molecule has 1 N–H and O–H groups in total. The number of hydrogen-bond acceptors (Lipinski definition) is 2. The van der Waals surface area contributed by atoms with Crippen molar-refractivity contribution in [2.45, 2.75) is 10.2 Å². The summed E-state index contributed by atoms with van der Waals surface area (Å²) >= 11 is 5.88. The fourth-order valence-corrected chi connectivity index (χ4v) is 1.51. The number of rotatable bonds is 3. The Morgan fingerprint density at radius 2 is 1.85 bits per heavy atom. The summed E-state index contributed by atoms with van der Waals surface area (Å²) in [4.78, 5) is 0.378. The number of aliphatic hydroxyl groups is 1. The van der Waals surface area contributed by atoms with Crippen LogP contribution >= 0.6 is 23.4 Å². The van der Waals surface area contributed by atoms with Gasteiger partial charge in [0.25, 0.3) is 0 Å². The third-order valence-electron chi connectivity index (χ3n) is 1.26. The molecular formula is C8H7ClF2OS.